The Labute approximate surface area is 237 Å². The average Bonchev–Trinajstić information content (AvgIpc) is 3.30. The molecule has 2 unspecified atom stereocenters. The molecule has 0 spiro atoms. The molecule has 0 bridgehead atoms. The van der Waals surface area contributed by atoms with Gasteiger partial charge in [0.05, 0.1) is 36.7 Å². The minimum Gasteiger partial charge on any atom is -0.497 e. The summed E-state index contributed by atoms with van der Waals surface area (Å²) in [5.41, 5.74) is 3.21. The highest BCUT2D eigenvalue weighted by Crippen LogP contribution is 2.32. The van der Waals surface area contributed by atoms with Crippen LogP contribution in [0.15, 0.2) is 48.7 Å². The molecule has 2 aromatic carbocycles. The van der Waals surface area contributed by atoms with E-state index in [0.29, 0.717) is 46.8 Å². The van der Waals surface area contributed by atoms with E-state index < -0.39 is 18.6 Å². The zero-order valence-corrected chi connectivity index (χ0v) is 23.1. The molecule has 2 amide bonds. The van der Waals surface area contributed by atoms with E-state index in [2.05, 4.69) is 20.6 Å². The van der Waals surface area contributed by atoms with Crippen LogP contribution >= 0.6 is 11.6 Å². The van der Waals surface area contributed by atoms with Crippen LogP contribution in [-0.2, 0) is 16.1 Å². The summed E-state index contributed by atoms with van der Waals surface area (Å²) in [5.74, 6) is 0.350. The smallest absolute Gasteiger partial charge is 0.255 e. The standard InChI is InChI=1S/C29H32ClN5O5/c1-17(18-4-3-5-22(12-18)39-2)32-27(37)25(16-36)35-15-20-7-6-19(13-23(20)28(35)38)26-24(30)14-31-29(34-26)33-21-8-10-40-11-9-21/h3-7,12-14,17,21,25,36H,8-11,15-16H2,1-2H3,(H,32,37)(H,31,33,34). The Balaban J connectivity index is 1.32. The number of nitrogens with one attached hydrogen (secondary N) is 2. The quantitative estimate of drug-likeness (QED) is 0.359. The zero-order valence-electron chi connectivity index (χ0n) is 22.4. The summed E-state index contributed by atoms with van der Waals surface area (Å²) in [6.45, 7) is 2.91. The SMILES string of the molecule is COc1cccc(C(C)NC(=O)C(CO)N2Cc3ccc(-c4nc(NC5CCOCC5)ncc4Cl)cc3C2=O)c1. The third-order valence-electron chi connectivity index (χ3n) is 7.32. The molecule has 0 saturated carbocycles. The van der Waals surface area contributed by atoms with Crippen molar-refractivity contribution in [1.29, 1.82) is 0 Å². The topological polar surface area (TPSA) is 126 Å². The first-order chi connectivity index (χ1) is 19.4. The number of aromatic nitrogens is 2. The molecule has 1 saturated heterocycles. The molecule has 1 aromatic heterocycles. The summed E-state index contributed by atoms with van der Waals surface area (Å²) >= 11 is 6.46. The molecule has 40 heavy (non-hydrogen) atoms. The normalized spacial score (nSPS) is 16.8. The van der Waals surface area contributed by atoms with Gasteiger partial charge in [-0.2, -0.15) is 0 Å². The minimum atomic E-state index is -1.05. The lowest BCUT2D eigenvalue weighted by atomic mass is 10.0. The van der Waals surface area contributed by atoms with E-state index in [1.54, 1.807) is 19.4 Å². The van der Waals surface area contributed by atoms with Gasteiger partial charge in [-0.05, 0) is 49.1 Å². The van der Waals surface area contributed by atoms with Crippen LogP contribution in [0.25, 0.3) is 11.3 Å². The van der Waals surface area contributed by atoms with E-state index in [1.807, 2.05) is 43.3 Å². The van der Waals surface area contributed by atoms with Crippen molar-refractivity contribution in [2.45, 2.75) is 44.4 Å². The van der Waals surface area contributed by atoms with Crippen molar-refractivity contribution in [2.75, 3.05) is 32.2 Å². The van der Waals surface area contributed by atoms with Gasteiger partial charge < -0.3 is 30.1 Å². The highest BCUT2D eigenvalue weighted by atomic mass is 35.5. The Morgan fingerprint density at radius 1 is 1.25 bits per heavy atom. The van der Waals surface area contributed by atoms with Crippen molar-refractivity contribution in [3.8, 4) is 17.0 Å². The number of amides is 2. The first-order valence-corrected chi connectivity index (χ1v) is 13.6. The predicted molar refractivity (Wildman–Crippen MR) is 150 cm³/mol. The summed E-state index contributed by atoms with van der Waals surface area (Å²) in [6, 6.07) is 11.6. The van der Waals surface area contributed by atoms with E-state index >= 15 is 0 Å². The molecule has 0 aliphatic carbocycles. The van der Waals surface area contributed by atoms with Gasteiger partial charge in [0.25, 0.3) is 5.91 Å². The maximum absolute atomic E-state index is 13.5. The number of halogens is 1. The van der Waals surface area contributed by atoms with E-state index in [4.69, 9.17) is 21.1 Å². The Bertz CT molecular complexity index is 1400. The lowest BCUT2D eigenvalue weighted by molar-refractivity contribution is -0.127. The lowest BCUT2D eigenvalue weighted by Crippen LogP contribution is -2.49. The Hall–Kier alpha value is -3.73. The number of benzene rings is 2. The van der Waals surface area contributed by atoms with Gasteiger partial charge in [0, 0.05) is 36.9 Å². The summed E-state index contributed by atoms with van der Waals surface area (Å²) < 4.78 is 10.7. The molecule has 5 rings (SSSR count). The number of carbonyl (C=O) groups is 2. The van der Waals surface area contributed by atoms with Gasteiger partial charge in [0.1, 0.15) is 11.8 Å². The van der Waals surface area contributed by atoms with E-state index in [-0.39, 0.29) is 24.5 Å². The van der Waals surface area contributed by atoms with E-state index in [9.17, 15) is 14.7 Å². The number of nitrogens with zero attached hydrogens (tertiary/aromatic N) is 3. The van der Waals surface area contributed by atoms with Crippen LogP contribution in [0.3, 0.4) is 0 Å². The largest absolute Gasteiger partial charge is 0.497 e. The first kappa shape index (κ1) is 27.8. The molecule has 2 atom stereocenters. The fourth-order valence-corrected chi connectivity index (χ4v) is 5.21. The summed E-state index contributed by atoms with van der Waals surface area (Å²) in [6.07, 6.45) is 3.27. The summed E-state index contributed by atoms with van der Waals surface area (Å²) in [5, 5.41) is 16.7. The minimum absolute atomic E-state index is 0.203. The maximum atomic E-state index is 13.5. The Morgan fingerprint density at radius 2 is 2.05 bits per heavy atom. The second-order valence-corrected chi connectivity index (χ2v) is 10.3. The van der Waals surface area contributed by atoms with Crippen LogP contribution in [0.2, 0.25) is 5.02 Å². The third kappa shape index (κ3) is 5.89. The highest BCUT2D eigenvalue weighted by molar-refractivity contribution is 6.33. The van der Waals surface area contributed by atoms with Crippen molar-refractivity contribution in [3.05, 3.63) is 70.4 Å². The average molecular weight is 566 g/mol. The van der Waals surface area contributed by atoms with E-state index in [1.165, 1.54) is 4.90 Å². The van der Waals surface area contributed by atoms with Gasteiger partial charge in [-0.3, -0.25) is 9.59 Å². The number of fused-ring (bicyclic) bond motifs is 1. The van der Waals surface area contributed by atoms with Gasteiger partial charge in [-0.25, -0.2) is 9.97 Å². The van der Waals surface area contributed by atoms with Crippen molar-refractivity contribution >= 4 is 29.4 Å². The van der Waals surface area contributed by atoms with Crippen LogP contribution in [0, 0.1) is 0 Å². The molecule has 3 heterocycles. The Morgan fingerprint density at radius 3 is 2.80 bits per heavy atom. The van der Waals surface area contributed by atoms with E-state index in [0.717, 1.165) is 24.0 Å². The number of rotatable bonds is 9. The molecule has 210 valence electrons. The lowest BCUT2D eigenvalue weighted by Gasteiger charge is -2.27. The van der Waals surface area contributed by atoms with Gasteiger partial charge >= 0.3 is 0 Å². The van der Waals surface area contributed by atoms with Gasteiger partial charge in [-0.1, -0.05) is 35.9 Å². The number of hydrogen-bond donors (Lipinski definition) is 3. The molecule has 2 aliphatic heterocycles. The van der Waals surface area contributed by atoms with Crippen LogP contribution < -0.4 is 15.4 Å². The molecule has 3 N–H and O–H groups in total. The van der Waals surface area contributed by atoms with Gasteiger partial charge in [-0.15, -0.1) is 0 Å². The maximum Gasteiger partial charge on any atom is 0.255 e. The second kappa shape index (κ2) is 12.2. The number of methoxy groups -OCH3 is 1. The fraction of sp³-hybridized carbons (Fsp3) is 0.379. The van der Waals surface area contributed by atoms with Crippen molar-refractivity contribution in [1.82, 2.24) is 20.2 Å². The number of hydrogen-bond acceptors (Lipinski definition) is 8. The van der Waals surface area contributed by atoms with Crippen LogP contribution in [-0.4, -0.2) is 70.8 Å². The molecule has 1 fully saturated rings. The third-order valence-corrected chi connectivity index (χ3v) is 7.59. The number of anilines is 1. The predicted octanol–water partition coefficient (Wildman–Crippen LogP) is 3.59. The molecule has 11 heteroatoms. The van der Waals surface area contributed by atoms with Crippen molar-refractivity contribution < 1.29 is 24.2 Å². The molecule has 10 nitrogen and oxygen atoms in total. The summed E-state index contributed by atoms with van der Waals surface area (Å²) in [4.78, 5) is 37.0. The first-order valence-electron chi connectivity index (χ1n) is 13.2. The summed E-state index contributed by atoms with van der Waals surface area (Å²) in [7, 11) is 1.58. The van der Waals surface area contributed by atoms with Crippen molar-refractivity contribution in [3.63, 3.8) is 0 Å². The van der Waals surface area contributed by atoms with Gasteiger partial charge in [0.2, 0.25) is 11.9 Å². The number of ether oxygens (including phenoxy) is 2. The monoisotopic (exact) mass is 565 g/mol. The number of carbonyl (C=O) groups excluding carboxylic acids is 2. The van der Waals surface area contributed by atoms with Crippen LogP contribution in [0.1, 0.15) is 47.3 Å². The molecule has 3 aromatic rings. The Kier molecular flexibility index (Phi) is 8.49. The number of aliphatic hydroxyl groups is 1. The van der Waals surface area contributed by atoms with Gasteiger partial charge in [0.15, 0.2) is 0 Å². The second-order valence-electron chi connectivity index (χ2n) is 9.93. The molecule has 2 aliphatic rings. The van der Waals surface area contributed by atoms with Crippen LogP contribution in [0.4, 0.5) is 5.95 Å². The number of aliphatic hydroxyl groups excluding tert-OH is 1. The van der Waals surface area contributed by atoms with Crippen molar-refractivity contribution in [2.24, 2.45) is 0 Å². The molecule has 0 radical (unpaired) electrons. The molecular weight excluding hydrogens is 534 g/mol. The fourth-order valence-electron chi connectivity index (χ4n) is 5.01. The van der Waals surface area contributed by atoms with Crippen LogP contribution in [0.5, 0.6) is 5.75 Å². The zero-order chi connectivity index (χ0) is 28.2. The highest BCUT2D eigenvalue weighted by Gasteiger charge is 2.37. The molecular formula is C29H32ClN5O5.